The van der Waals surface area contributed by atoms with Gasteiger partial charge in [0.1, 0.15) is 5.82 Å². The van der Waals surface area contributed by atoms with Gasteiger partial charge in [0.25, 0.3) is 0 Å². The molecule has 1 atom stereocenters. The molecule has 0 saturated carbocycles. The Kier molecular flexibility index (Phi) is 6.42. The molecule has 23 heavy (non-hydrogen) atoms. The van der Waals surface area contributed by atoms with Crippen molar-refractivity contribution in [3.63, 3.8) is 0 Å². The molecule has 1 aromatic carbocycles. The lowest BCUT2D eigenvalue weighted by atomic mass is 9.98. The maximum absolute atomic E-state index is 13.0. The Morgan fingerprint density at radius 3 is 2.43 bits per heavy atom. The van der Waals surface area contributed by atoms with E-state index in [2.05, 4.69) is 17.1 Å². The molecule has 0 aromatic heterocycles. The first-order valence-electron chi connectivity index (χ1n) is 8.82. The van der Waals surface area contributed by atoms with E-state index in [9.17, 15) is 9.50 Å². The van der Waals surface area contributed by atoms with Crippen molar-refractivity contribution in [1.82, 2.24) is 5.32 Å². The van der Waals surface area contributed by atoms with Crippen LogP contribution >= 0.6 is 0 Å². The number of piperidine rings is 1. The van der Waals surface area contributed by atoms with Gasteiger partial charge in [-0.15, -0.1) is 0 Å². The summed E-state index contributed by atoms with van der Waals surface area (Å²) in [6.07, 6.45) is 5.23. The minimum atomic E-state index is -0.555. The highest BCUT2D eigenvalue weighted by Crippen LogP contribution is 2.21. The first-order chi connectivity index (χ1) is 10.8. The summed E-state index contributed by atoms with van der Waals surface area (Å²) in [6, 6.07) is 7.84. The minimum Gasteiger partial charge on any atom is -0.390 e. The maximum Gasteiger partial charge on any atom is 0.123 e. The number of benzene rings is 1. The molecule has 1 aliphatic rings. The third-order valence-corrected chi connectivity index (χ3v) is 4.63. The van der Waals surface area contributed by atoms with E-state index >= 15 is 0 Å². The van der Waals surface area contributed by atoms with Gasteiger partial charge in [-0.3, -0.25) is 0 Å². The highest BCUT2D eigenvalue weighted by Gasteiger charge is 2.21. The number of rotatable bonds is 7. The molecule has 0 aliphatic carbocycles. The van der Waals surface area contributed by atoms with Crippen LogP contribution in [0.1, 0.15) is 52.9 Å². The molecule has 1 aromatic rings. The van der Waals surface area contributed by atoms with Crippen molar-refractivity contribution in [2.75, 3.05) is 18.0 Å². The molecule has 1 heterocycles. The van der Waals surface area contributed by atoms with Crippen LogP contribution in [0.5, 0.6) is 0 Å². The largest absolute Gasteiger partial charge is 0.390 e. The first kappa shape index (κ1) is 18.2. The van der Waals surface area contributed by atoms with Gasteiger partial charge >= 0.3 is 0 Å². The molecular weight excluding hydrogens is 291 g/mol. The Bertz CT molecular complexity index is 461. The number of hydrogen-bond donors (Lipinski definition) is 2. The third-order valence-electron chi connectivity index (χ3n) is 4.63. The highest BCUT2D eigenvalue weighted by atomic mass is 19.1. The molecule has 0 amide bonds. The number of halogens is 1. The SMILES string of the molecule is CC(CCCC(C)(C)O)NC1CCN(c2ccc(F)cc2)CC1. The monoisotopic (exact) mass is 322 g/mol. The number of anilines is 1. The number of nitrogens with zero attached hydrogens (tertiary/aromatic N) is 1. The van der Waals surface area contributed by atoms with E-state index < -0.39 is 5.60 Å². The van der Waals surface area contributed by atoms with Crippen molar-refractivity contribution in [3.05, 3.63) is 30.1 Å². The molecule has 1 fully saturated rings. The number of aliphatic hydroxyl groups is 1. The summed E-state index contributed by atoms with van der Waals surface area (Å²) < 4.78 is 13.0. The van der Waals surface area contributed by atoms with Crippen molar-refractivity contribution >= 4 is 5.69 Å². The summed E-state index contributed by atoms with van der Waals surface area (Å²) in [4.78, 5) is 2.33. The lowest BCUT2D eigenvalue weighted by Crippen LogP contribution is -2.45. The Hall–Kier alpha value is -1.13. The second-order valence-electron chi connectivity index (χ2n) is 7.51. The van der Waals surface area contributed by atoms with Gasteiger partial charge in [-0.25, -0.2) is 4.39 Å². The molecule has 0 radical (unpaired) electrons. The summed E-state index contributed by atoms with van der Waals surface area (Å²) >= 11 is 0. The lowest BCUT2D eigenvalue weighted by Gasteiger charge is -2.35. The van der Waals surface area contributed by atoms with E-state index in [1.807, 2.05) is 26.0 Å². The normalized spacial score (nSPS) is 18.2. The molecule has 4 heteroatoms. The van der Waals surface area contributed by atoms with Crippen molar-refractivity contribution in [2.45, 2.75) is 70.6 Å². The van der Waals surface area contributed by atoms with Crippen LogP contribution in [0.3, 0.4) is 0 Å². The van der Waals surface area contributed by atoms with Crippen LogP contribution in [0.2, 0.25) is 0 Å². The molecule has 1 saturated heterocycles. The quantitative estimate of drug-likeness (QED) is 0.803. The first-order valence-corrected chi connectivity index (χ1v) is 8.82. The maximum atomic E-state index is 13.0. The molecule has 0 bridgehead atoms. The van der Waals surface area contributed by atoms with Gasteiger partial charge in [0.2, 0.25) is 0 Å². The zero-order valence-electron chi connectivity index (χ0n) is 14.7. The molecule has 1 aliphatic heterocycles. The fourth-order valence-corrected chi connectivity index (χ4v) is 3.28. The summed E-state index contributed by atoms with van der Waals surface area (Å²) in [5, 5.41) is 13.5. The standard InChI is InChI=1S/C19H31FN2O/c1-15(5-4-12-19(2,3)23)21-17-10-13-22(14-11-17)18-8-6-16(20)7-9-18/h6-9,15,17,21,23H,4-5,10-14H2,1-3H3. The molecule has 130 valence electrons. The third kappa shape index (κ3) is 6.48. The molecule has 1 unspecified atom stereocenters. The fourth-order valence-electron chi connectivity index (χ4n) is 3.28. The molecule has 3 nitrogen and oxygen atoms in total. The average molecular weight is 322 g/mol. The molecule has 2 N–H and O–H groups in total. The summed E-state index contributed by atoms with van der Waals surface area (Å²) in [5.41, 5.74) is 0.559. The van der Waals surface area contributed by atoms with Crippen LogP contribution in [-0.2, 0) is 0 Å². The van der Waals surface area contributed by atoms with Gasteiger partial charge < -0.3 is 15.3 Å². The Morgan fingerprint density at radius 1 is 1.26 bits per heavy atom. The second kappa shape index (κ2) is 8.11. The second-order valence-corrected chi connectivity index (χ2v) is 7.51. The van der Waals surface area contributed by atoms with Gasteiger partial charge in [0.15, 0.2) is 0 Å². The van der Waals surface area contributed by atoms with Crippen molar-refractivity contribution in [1.29, 1.82) is 0 Å². The van der Waals surface area contributed by atoms with Crippen LogP contribution in [-0.4, -0.2) is 35.9 Å². The van der Waals surface area contributed by atoms with Crippen LogP contribution in [0.15, 0.2) is 24.3 Å². The molecular formula is C19H31FN2O. The van der Waals surface area contributed by atoms with E-state index in [-0.39, 0.29) is 5.82 Å². The van der Waals surface area contributed by atoms with E-state index in [0.29, 0.717) is 12.1 Å². The summed E-state index contributed by atoms with van der Waals surface area (Å²) in [5.74, 6) is -0.176. The predicted molar refractivity (Wildman–Crippen MR) is 94.4 cm³/mol. The van der Waals surface area contributed by atoms with Crippen LogP contribution < -0.4 is 10.2 Å². The van der Waals surface area contributed by atoms with E-state index in [1.54, 1.807) is 0 Å². The Morgan fingerprint density at radius 2 is 1.87 bits per heavy atom. The Labute approximate surface area is 139 Å². The smallest absolute Gasteiger partial charge is 0.123 e. The van der Waals surface area contributed by atoms with E-state index in [0.717, 1.165) is 50.9 Å². The van der Waals surface area contributed by atoms with Gasteiger partial charge in [-0.1, -0.05) is 0 Å². The molecule has 0 spiro atoms. The Balaban J connectivity index is 1.69. The lowest BCUT2D eigenvalue weighted by molar-refractivity contribution is 0.0673. The summed E-state index contributed by atoms with van der Waals surface area (Å²) in [7, 11) is 0. The topological polar surface area (TPSA) is 35.5 Å². The predicted octanol–water partition coefficient (Wildman–Crippen LogP) is 3.71. The van der Waals surface area contributed by atoms with Crippen LogP contribution in [0.25, 0.3) is 0 Å². The van der Waals surface area contributed by atoms with Crippen LogP contribution in [0.4, 0.5) is 10.1 Å². The highest BCUT2D eigenvalue weighted by molar-refractivity contribution is 5.46. The van der Waals surface area contributed by atoms with Gasteiger partial charge in [0.05, 0.1) is 5.60 Å². The van der Waals surface area contributed by atoms with Gasteiger partial charge in [0, 0.05) is 30.9 Å². The fraction of sp³-hybridized carbons (Fsp3) is 0.684. The van der Waals surface area contributed by atoms with E-state index in [4.69, 9.17) is 0 Å². The summed E-state index contributed by atoms with van der Waals surface area (Å²) in [6.45, 7) is 8.00. The zero-order chi connectivity index (χ0) is 16.9. The van der Waals surface area contributed by atoms with Crippen molar-refractivity contribution in [2.24, 2.45) is 0 Å². The van der Waals surface area contributed by atoms with Crippen LogP contribution in [0, 0.1) is 5.82 Å². The number of hydrogen-bond acceptors (Lipinski definition) is 3. The average Bonchev–Trinajstić information content (AvgIpc) is 2.47. The number of nitrogens with one attached hydrogen (secondary N) is 1. The minimum absolute atomic E-state index is 0.176. The van der Waals surface area contributed by atoms with Gasteiger partial charge in [-0.2, -0.15) is 0 Å². The zero-order valence-corrected chi connectivity index (χ0v) is 14.7. The van der Waals surface area contributed by atoms with Crippen molar-refractivity contribution in [3.8, 4) is 0 Å². The van der Waals surface area contributed by atoms with E-state index in [1.165, 1.54) is 12.1 Å². The van der Waals surface area contributed by atoms with Crippen molar-refractivity contribution < 1.29 is 9.50 Å². The molecule has 2 rings (SSSR count). The van der Waals surface area contributed by atoms with Gasteiger partial charge in [-0.05, 0) is 77.1 Å².